The number of aliphatic hydroxyl groups excluding tert-OH is 1. The van der Waals surface area contributed by atoms with Gasteiger partial charge in [0.25, 0.3) is 0 Å². The molecule has 1 aliphatic rings. The molecule has 0 amide bonds. The number of nitrogens with zero attached hydrogens (tertiary/aromatic N) is 3. The zero-order chi connectivity index (χ0) is 14.7. The van der Waals surface area contributed by atoms with Crippen LogP contribution in [0.25, 0.3) is 0 Å². The third-order valence-electron chi connectivity index (χ3n) is 4.08. The van der Waals surface area contributed by atoms with E-state index >= 15 is 0 Å². The average molecular weight is 281 g/mol. The molecule has 2 unspecified atom stereocenters. The van der Waals surface area contributed by atoms with Gasteiger partial charge in [-0.3, -0.25) is 9.58 Å². The van der Waals surface area contributed by atoms with Crippen LogP contribution < -0.4 is 0 Å². The van der Waals surface area contributed by atoms with Crippen LogP contribution in [0.15, 0.2) is 0 Å². The largest absolute Gasteiger partial charge is 0.394 e. The maximum atomic E-state index is 9.08. The van der Waals surface area contributed by atoms with Gasteiger partial charge in [-0.15, -0.1) is 0 Å². The predicted molar refractivity (Wildman–Crippen MR) is 78.7 cm³/mol. The van der Waals surface area contributed by atoms with Crippen LogP contribution in [0.5, 0.6) is 0 Å². The van der Waals surface area contributed by atoms with Gasteiger partial charge in [0.1, 0.15) is 0 Å². The summed E-state index contributed by atoms with van der Waals surface area (Å²) in [6.45, 7) is 12.1. The molecule has 2 atom stereocenters. The van der Waals surface area contributed by atoms with Gasteiger partial charge in [-0.25, -0.2) is 0 Å². The lowest BCUT2D eigenvalue weighted by atomic mass is 10.1. The lowest BCUT2D eigenvalue weighted by Crippen LogP contribution is -2.45. The fraction of sp³-hybridized carbons (Fsp3) is 0.800. The van der Waals surface area contributed by atoms with Crippen molar-refractivity contribution in [2.45, 2.75) is 59.4 Å². The molecule has 0 bridgehead atoms. The first kappa shape index (κ1) is 15.5. The highest BCUT2D eigenvalue weighted by atomic mass is 16.5. The predicted octanol–water partition coefficient (Wildman–Crippen LogP) is 1.49. The standard InChI is InChI=1S/C15H27N3O2/c1-5-14-9-17(8-11(2)20-14)10-15-12(3)16-18(6-7-19)13(15)4/h11,14,19H,5-10H2,1-4H3. The molecule has 0 spiro atoms. The Bertz CT molecular complexity index is 445. The molecular weight excluding hydrogens is 254 g/mol. The zero-order valence-electron chi connectivity index (χ0n) is 13.1. The number of rotatable bonds is 5. The Morgan fingerprint density at radius 3 is 2.75 bits per heavy atom. The molecule has 5 nitrogen and oxygen atoms in total. The molecule has 1 N–H and O–H groups in total. The number of aryl methyl sites for hydroxylation is 1. The summed E-state index contributed by atoms with van der Waals surface area (Å²) in [5, 5.41) is 13.6. The Labute approximate surface area is 121 Å². The van der Waals surface area contributed by atoms with Crippen LogP contribution in [-0.2, 0) is 17.8 Å². The van der Waals surface area contributed by atoms with Crippen molar-refractivity contribution in [2.75, 3.05) is 19.7 Å². The fourth-order valence-corrected chi connectivity index (χ4v) is 2.99. The van der Waals surface area contributed by atoms with Gasteiger partial charge in [-0.05, 0) is 27.2 Å². The SMILES string of the molecule is CCC1CN(Cc2c(C)nn(CCO)c2C)CC(C)O1. The molecule has 0 radical (unpaired) electrons. The Morgan fingerprint density at radius 2 is 2.10 bits per heavy atom. The van der Waals surface area contributed by atoms with Crippen molar-refractivity contribution in [3.63, 3.8) is 0 Å². The van der Waals surface area contributed by atoms with E-state index in [1.54, 1.807) is 0 Å². The van der Waals surface area contributed by atoms with Crippen molar-refractivity contribution in [2.24, 2.45) is 0 Å². The van der Waals surface area contributed by atoms with E-state index in [1.807, 2.05) is 4.68 Å². The average Bonchev–Trinajstić information content (AvgIpc) is 2.66. The molecule has 1 aromatic rings. The monoisotopic (exact) mass is 281 g/mol. The molecule has 114 valence electrons. The summed E-state index contributed by atoms with van der Waals surface area (Å²) in [5.41, 5.74) is 3.54. The van der Waals surface area contributed by atoms with E-state index in [1.165, 1.54) is 11.3 Å². The Kier molecular flexibility index (Phi) is 5.18. The maximum Gasteiger partial charge on any atom is 0.0703 e. The molecule has 1 saturated heterocycles. The second-order valence-corrected chi connectivity index (χ2v) is 5.77. The molecule has 2 rings (SSSR count). The maximum absolute atomic E-state index is 9.08. The van der Waals surface area contributed by atoms with Crippen LogP contribution in [0.1, 0.15) is 37.2 Å². The first-order valence-electron chi connectivity index (χ1n) is 7.56. The summed E-state index contributed by atoms with van der Waals surface area (Å²) in [5.74, 6) is 0. The number of hydrogen-bond acceptors (Lipinski definition) is 4. The van der Waals surface area contributed by atoms with Crippen LogP contribution in [0.4, 0.5) is 0 Å². The Morgan fingerprint density at radius 1 is 1.35 bits per heavy atom. The highest BCUT2D eigenvalue weighted by molar-refractivity contribution is 5.24. The van der Waals surface area contributed by atoms with Gasteiger partial charge in [-0.1, -0.05) is 6.92 Å². The lowest BCUT2D eigenvalue weighted by Gasteiger charge is -2.36. The molecule has 20 heavy (non-hydrogen) atoms. The number of aliphatic hydroxyl groups is 1. The van der Waals surface area contributed by atoms with E-state index in [-0.39, 0.29) is 6.61 Å². The van der Waals surface area contributed by atoms with Crippen molar-refractivity contribution in [1.29, 1.82) is 0 Å². The zero-order valence-corrected chi connectivity index (χ0v) is 13.1. The summed E-state index contributed by atoms with van der Waals surface area (Å²) < 4.78 is 7.82. The topological polar surface area (TPSA) is 50.5 Å². The molecule has 2 heterocycles. The van der Waals surface area contributed by atoms with Crippen molar-refractivity contribution in [3.8, 4) is 0 Å². The van der Waals surface area contributed by atoms with Crippen molar-refractivity contribution in [3.05, 3.63) is 17.0 Å². The molecule has 5 heteroatoms. The van der Waals surface area contributed by atoms with Gasteiger partial charge >= 0.3 is 0 Å². The lowest BCUT2D eigenvalue weighted by molar-refractivity contribution is -0.0801. The number of morpholine rings is 1. The van der Waals surface area contributed by atoms with E-state index in [2.05, 4.69) is 37.7 Å². The van der Waals surface area contributed by atoms with Gasteiger partial charge in [0.2, 0.25) is 0 Å². The van der Waals surface area contributed by atoms with E-state index < -0.39 is 0 Å². The van der Waals surface area contributed by atoms with Gasteiger partial charge in [0.15, 0.2) is 0 Å². The molecule has 1 aliphatic heterocycles. The molecule has 0 aromatic carbocycles. The van der Waals surface area contributed by atoms with Crippen LogP contribution in [0, 0.1) is 13.8 Å². The van der Waals surface area contributed by atoms with Gasteiger partial charge in [0.05, 0.1) is 31.1 Å². The number of ether oxygens (including phenoxy) is 1. The highest BCUT2D eigenvalue weighted by Crippen LogP contribution is 2.20. The first-order chi connectivity index (χ1) is 9.55. The number of aromatic nitrogens is 2. The minimum Gasteiger partial charge on any atom is -0.394 e. The molecule has 0 aliphatic carbocycles. The third kappa shape index (κ3) is 3.40. The minimum atomic E-state index is 0.133. The Balaban J connectivity index is 2.09. The van der Waals surface area contributed by atoms with E-state index in [0.29, 0.717) is 18.8 Å². The van der Waals surface area contributed by atoms with Gasteiger partial charge < -0.3 is 9.84 Å². The minimum absolute atomic E-state index is 0.133. The summed E-state index contributed by atoms with van der Waals surface area (Å²) >= 11 is 0. The summed E-state index contributed by atoms with van der Waals surface area (Å²) in [4.78, 5) is 2.46. The van der Waals surface area contributed by atoms with Gasteiger partial charge in [-0.2, -0.15) is 5.10 Å². The van der Waals surface area contributed by atoms with E-state index in [9.17, 15) is 0 Å². The van der Waals surface area contributed by atoms with Crippen LogP contribution in [0.3, 0.4) is 0 Å². The first-order valence-corrected chi connectivity index (χ1v) is 7.56. The highest BCUT2D eigenvalue weighted by Gasteiger charge is 2.25. The normalized spacial score (nSPS) is 24.2. The summed E-state index contributed by atoms with van der Waals surface area (Å²) in [6, 6.07) is 0. The molecule has 1 fully saturated rings. The smallest absolute Gasteiger partial charge is 0.0703 e. The van der Waals surface area contributed by atoms with E-state index in [4.69, 9.17) is 9.84 Å². The van der Waals surface area contributed by atoms with Gasteiger partial charge in [0, 0.05) is 30.9 Å². The fourth-order valence-electron chi connectivity index (χ4n) is 2.99. The van der Waals surface area contributed by atoms with Crippen LogP contribution >= 0.6 is 0 Å². The second-order valence-electron chi connectivity index (χ2n) is 5.77. The van der Waals surface area contributed by atoms with Crippen molar-refractivity contribution in [1.82, 2.24) is 14.7 Å². The summed E-state index contributed by atoms with van der Waals surface area (Å²) in [7, 11) is 0. The third-order valence-corrected chi connectivity index (χ3v) is 4.08. The van der Waals surface area contributed by atoms with E-state index in [0.717, 1.165) is 31.7 Å². The second kappa shape index (κ2) is 6.70. The van der Waals surface area contributed by atoms with Crippen LogP contribution in [0.2, 0.25) is 0 Å². The number of hydrogen-bond donors (Lipinski definition) is 1. The molecule has 0 saturated carbocycles. The quantitative estimate of drug-likeness (QED) is 0.888. The Hall–Kier alpha value is -0.910. The van der Waals surface area contributed by atoms with Crippen molar-refractivity contribution < 1.29 is 9.84 Å². The molecule has 1 aromatic heterocycles. The van der Waals surface area contributed by atoms with Crippen LogP contribution in [-0.4, -0.2) is 51.7 Å². The summed E-state index contributed by atoms with van der Waals surface area (Å²) in [6.07, 6.45) is 1.69. The molecular formula is C15H27N3O2. The van der Waals surface area contributed by atoms with Crippen molar-refractivity contribution >= 4 is 0 Å².